The zero-order valence-electron chi connectivity index (χ0n) is 18.6. The van der Waals surface area contributed by atoms with Crippen molar-refractivity contribution in [3.8, 4) is 5.75 Å². The molecule has 0 bridgehead atoms. The lowest BCUT2D eigenvalue weighted by Gasteiger charge is -2.31. The lowest BCUT2D eigenvalue weighted by atomic mass is 9.85. The Morgan fingerprint density at radius 2 is 1.24 bits per heavy atom. The fourth-order valence-electron chi connectivity index (χ4n) is 4.76. The molecule has 4 aromatic carbocycles. The van der Waals surface area contributed by atoms with Crippen molar-refractivity contribution in [2.45, 2.75) is 25.5 Å². The summed E-state index contributed by atoms with van der Waals surface area (Å²) in [5, 5.41) is 22.9. The van der Waals surface area contributed by atoms with E-state index in [0.29, 0.717) is 11.3 Å². The minimum atomic E-state index is -2.00. The average Bonchev–Trinajstić information content (AvgIpc) is 3.06. The monoisotopic (exact) mass is 435 g/mol. The van der Waals surface area contributed by atoms with Gasteiger partial charge in [0.25, 0.3) is 5.91 Å². The Morgan fingerprint density at radius 3 is 1.85 bits per heavy atom. The number of aromatic hydroxyl groups is 1. The van der Waals surface area contributed by atoms with Crippen LogP contribution in [0.3, 0.4) is 0 Å². The fourth-order valence-corrected chi connectivity index (χ4v) is 4.76. The minimum absolute atomic E-state index is 0.0958. The van der Waals surface area contributed by atoms with Gasteiger partial charge in [-0.25, -0.2) is 0 Å². The molecule has 33 heavy (non-hydrogen) atoms. The molecule has 5 rings (SSSR count). The van der Waals surface area contributed by atoms with Gasteiger partial charge >= 0.3 is 0 Å². The largest absolute Gasteiger partial charge is 0.508 e. The summed E-state index contributed by atoms with van der Waals surface area (Å²) in [7, 11) is 0. The van der Waals surface area contributed by atoms with E-state index in [9.17, 15) is 15.0 Å². The van der Waals surface area contributed by atoms with Gasteiger partial charge in [0, 0.05) is 11.1 Å². The van der Waals surface area contributed by atoms with Gasteiger partial charge < -0.3 is 10.2 Å². The molecule has 0 fully saturated rings. The first-order chi connectivity index (χ1) is 15.9. The molecule has 164 valence electrons. The number of fused-ring (bicyclic) bond motifs is 1. The van der Waals surface area contributed by atoms with E-state index in [-0.39, 0.29) is 11.3 Å². The summed E-state index contributed by atoms with van der Waals surface area (Å²) in [5.74, 6) is -0.582. The highest BCUT2D eigenvalue weighted by Gasteiger charge is 2.54. The van der Waals surface area contributed by atoms with Crippen LogP contribution in [0, 0.1) is 13.8 Å². The molecular weight excluding hydrogens is 410 g/mol. The minimum Gasteiger partial charge on any atom is -0.508 e. The molecule has 1 aliphatic rings. The van der Waals surface area contributed by atoms with E-state index < -0.39 is 17.6 Å². The van der Waals surface area contributed by atoms with Gasteiger partial charge in [0.1, 0.15) is 5.75 Å². The number of anilines is 1. The number of carbonyl (C=O) groups is 1. The number of aryl methyl sites for hydroxylation is 2. The van der Waals surface area contributed by atoms with E-state index in [4.69, 9.17) is 0 Å². The SMILES string of the molecule is Cc1cc(O)c(C2(O)C(=O)N(C(c3ccccc3)c3ccccc3)c3ccccc32)cc1C. The number of amides is 1. The van der Waals surface area contributed by atoms with Gasteiger partial charge in [0.05, 0.1) is 11.7 Å². The van der Waals surface area contributed by atoms with Crippen LogP contribution < -0.4 is 4.90 Å². The second-order valence-electron chi connectivity index (χ2n) is 8.58. The van der Waals surface area contributed by atoms with Crippen LogP contribution in [-0.2, 0) is 10.4 Å². The lowest BCUT2D eigenvalue weighted by molar-refractivity contribution is -0.132. The van der Waals surface area contributed by atoms with E-state index in [1.54, 1.807) is 29.2 Å². The van der Waals surface area contributed by atoms with Crippen molar-refractivity contribution in [2.24, 2.45) is 0 Å². The Hall–Kier alpha value is -3.89. The highest BCUT2D eigenvalue weighted by atomic mass is 16.3. The molecule has 1 atom stereocenters. The second kappa shape index (κ2) is 7.91. The summed E-state index contributed by atoms with van der Waals surface area (Å²) in [5.41, 5.74) is 2.93. The number of benzene rings is 4. The molecule has 4 aromatic rings. The molecule has 0 saturated carbocycles. The van der Waals surface area contributed by atoms with E-state index in [1.165, 1.54) is 0 Å². The Labute approximate surface area is 193 Å². The number of carbonyl (C=O) groups excluding carboxylic acids is 1. The van der Waals surface area contributed by atoms with Crippen molar-refractivity contribution in [2.75, 3.05) is 4.90 Å². The molecule has 0 saturated heterocycles. The maximum atomic E-state index is 14.2. The first-order valence-corrected chi connectivity index (χ1v) is 11.0. The molecule has 0 aliphatic carbocycles. The molecular formula is C29H25NO3. The summed E-state index contributed by atoms with van der Waals surface area (Å²) in [4.78, 5) is 15.8. The molecule has 4 nitrogen and oxygen atoms in total. The molecule has 1 heterocycles. The van der Waals surface area contributed by atoms with Gasteiger partial charge in [-0.15, -0.1) is 0 Å². The molecule has 0 aromatic heterocycles. The van der Waals surface area contributed by atoms with Crippen LogP contribution in [0.5, 0.6) is 5.75 Å². The van der Waals surface area contributed by atoms with Crippen LogP contribution >= 0.6 is 0 Å². The lowest BCUT2D eigenvalue weighted by Crippen LogP contribution is -2.43. The number of hydrogen-bond donors (Lipinski definition) is 2. The van der Waals surface area contributed by atoms with Gasteiger partial charge in [-0.1, -0.05) is 78.9 Å². The Balaban J connectivity index is 1.76. The maximum absolute atomic E-state index is 14.2. The number of phenols is 1. The van der Waals surface area contributed by atoms with Gasteiger partial charge in [-0.3, -0.25) is 9.69 Å². The Bertz CT molecular complexity index is 1290. The van der Waals surface area contributed by atoms with Gasteiger partial charge in [-0.2, -0.15) is 0 Å². The standard InChI is InChI=1S/C29H25NO3/c1-19-17-24(26(31)18-20(19)2)29(33)23-15-9-10-16-25(23)30(28(29)32)27(21-11-5-3-6-12-21)22-13-7-4-8-14-22/h3-18,27,31,33H,1-2H3. The Morgan fingerprint density at radius 1 is 0.727 bits per heavy atom. The third kappa shape index (κ3) is 3.22. The van der Waals surface area contributed by atoms with Crippen LogP contribution in [-0.4, -0.2) is 16.1 Å². The molecule has 0 spiro atoms. The average molecular weight is 436 g/mol. The topological polar surface area (TPSA) is 60.8 Å². The van der Waals surface area contributed by atoms with E-state index in [2.05, 4.69) is 0 Å². The number of rotatable bonds is 4. The van der Waals surface area contributed by atoms with Crippen molar-refractivity contribution in [3.05, 3.63) is 130 Å². The van der Waals surface area contributed by atoms with E-state index in [0.717, 1.165) is 22.3 Å². The van der Waals surface area contributed by atoms with Crippen molar-refractivity contribution in [3.63, 3.8) is 0 Å². The zero-order chi connectivity index (χ0) is 23.2. The number of aliphatic hydroxyl groups is 1. The summed E-state index contributed by atoms with van der Waals surface area (Å²) >= 11 is 0. The van der Waals surface area contributed by atoms with Gasteiger partial charge in [-0.05, 0) is 54.3 Å². The van der Waals surface area contributed by atoms with E-state index >= 15 is 0 Å². The second-order valence-corrected chi connectivity index (χ2v) is 8.58. The summed E-state index contributed by atoms with van der Waals surface area (Å²) in [6, 6.07) is 29.7. The van der Waals surface area contributed by atoms with Gasteiger partial charge in [0.15, 0.2) is 5.60 Å². The predicted molar refractivity (Wildman–Crippen MR) is 129 cm³/mol. The van der Waals surface area contributed by atoms with Crippen LogP contribution in [0.4, 0.5) is 5.69 Å². The van der Waals surface area contributed by atoms with Crippen molar-refractivity contribution < 1.29 is 15.0 Å². The highest BCUT2D eigenvalue weighted by Crippen LogP contribution is 2.51. The number of para-hydroxylation sites is 1. The van der Waals surface area contributed by atoms with Crippen molar-refractivity contribution >= 4 is 11.6 Å². The predicted octanol–water partition coefficient (Wildman–Crippen LogP) is 5.38. The summed E-state index contributed by atoms with van der Waals surface area (Å²) < 4.78 is 0. The molecule has 0 radical (unpaired) electrons. The third-order valence-electron chi connectivity index (χ3n) is 6.57. The first kappa shape index (κ1) is 21.0. The van der Waals surface area contributed by atoms with Crippen LogP contribution in [0.1, 0.15) is 39.4 Å². The summed E-state index contributed by atoms with van der Waals surface area (Å²) in [6.07, 6.45) is 0. The van der Waals surface area contributed by atoms with Crippen LogP contribution in [0.15, 0.2) is 97.1 Å². The number of hydrogen-bond acceptors (Lipinski definition) is 3. The number of nitrogens with zero attached hydrogens (tertiary/aromatic N) is 1. The normalized spacial score (nSPS) is 17.5. The molecule has 1 amide bonds. The van der Waals surface area contributed by atoms with Crippen LogP contribution in [0.25, 0.3) is 0 Å². The highest BCUT2D eigenvalue weighted by molar-refractivity contribution is 6.10. The first-order valence-electron chi connectivity index (χ1n) is 11.0. The third-order valence-corrected chi connectivity index (χ3v) is 6.57. The summed E-state index contributed by atoms with van der Waals surface area (Å²) in [6.45, 7) is 3.79. The Kier molecular flexibility index (Phi) is 5.03. The molecule has 4 heteroatoms. The van der Waals surface area contributed by atoms with Crippen molar-refractivity contribution in [1.82, 2.24) is 0 Å². The number of phenolic OH excluding ortho intramolecular Hbond substituents is 1. The van der Waals surface area contributed by atoms with Gasteiger partial charge in [0.2, 0.25) is 0 Å². The zero-order valence-corrected chi connectivity index (χ0v) is 18.6. The smallest absolute Gasteiger partial charge is 0.269 e. The molecule has 2 N–H and O–H groups in total. The van der Waals surface area contributed by atoms with Crippen LogP contribution in [0.2, 0.25) is 0 Å². The van der Waals surface area contributed by atoms with Crippen molar-refractivity contribution in [1.29, 1.82) is 0 Å². The quantitative estimate of drug-likeness (QED) is 0.452. The molecule has 1 unspecified atom stereocenters. The maximum Gasteiger partial charge on any atom is 0.269 e. The van der Waals surface area contributed by atoms with E-state index in [1.807, 2.05) is 86.6 Å². The fraction of sp³-hybridized carbons (Fsp3) is 0.138. The molecule has 1 aliphatic heterocycles.